The highest BCUT2D eigenvalue weighted by Crippen LogP contribution is 2.29. The molecule has 72 valence electrons. The van der Waals surface area contributed by atoms with Gasteiger partial charge in [-0.25, -0.2) is 0 Å². The molecular formula is C8H7BINO2S. The number of nitrogen functional groups attached to an aromatic ring is 1. The predicted octanol–water partition coefficient (Wildman–Crippen LogP) is 0.768. The average Bonchev–Trinajstić information content (AvgIpc) is 2.59. The molecule has 4 N–H and O–H groups in total. The number of anilines is 1. The minimum Gasteiger partial charge on any atom is -0.423 e. The molecule has 2 aromatic rings. The van der Waals surface area contributed by atoms with Crippen molar-refractivity contribution >= 4 is 62.3 Å². The first kappa shape index (κ1) is 10.2. The summed E-state index contributed by atoms with van der Waals surface area (Å²) in [6, 6.07) is 3.55. The van der Waals surface area contributed by atoms with Gasteiger partial charge in [0.05, 0.1) is 0 Å². The summed E-state index contributed by atoms with van der Waals surface area (Å²) in [5.41, 5.74) is 6.85. The molecule has 0 fully saturated rings. The molecule has 0 aliphatic carbocycles. The number of hydrogen-bond acceptors (Lipinski definition) is 4. The van der Waals surface area contributed by atoms with Crippen molar-refractivity contribution < 1.29 is 10.0 Å². The van der Waals surface area contributed by atoms with Gasteiger partial charge >= 0.3 is 7.12 Å². The summed E-state index contributed by atoms with van der Waals surface area (Å²) in [5, 5.41) is 21.2. The van der Waals surface area contributed by atoms with E-state index in [9.17, 15) is 0 Å². The van der Waals surface area contributed by atoms with Crippen molar-refractivity contribution in [3.8, 4) is 0 Å². The van der Waals surface area contributed by atoms with Crippen LogP contribution in [0.15, 0.2) is 17.5 Å². The number of fused-ring (bicyclic) bond motifs is 1. The molecule has 0 unspecified atom stereocenters. The van der Waals surface area contributed by atoms with Gasteiger partial charge in [-0.15, -0.1) is 11.3 Å². The van der Waals surface area contributed by atoms with E-state index < -0.39 is 7.12 Å². The molecule has 2 rings (SSSR count). The van der Waals surface area contributed by atoms with Crippen molar-refractivity contribution in [1.82, 2.24) is 0 Å². The molecule has 0 aliphatic heterocycles. The summed E-state index contributed by atoms with van der Waals surface area (Å²) in [4.78, 5) is 0. The van der Waals surface area contributed by atoms with Gasteiger partial charge in [0.15, 0.2) is 0 Å². The van der Waals surface area contributed by atoms with E-state index in [1.54, 1.807) is 17.4 Å². The van der Waals surface area contributed by atoms with E-state index in [2.05, 4.69) is 22.6 Å². The first-order valence-electron chi connectivity index (χ1n) is 3.92. The van der Waals surface area contributed by atoms with Crippen LogP contribution in [0.2, 0.25) is 0 Å². The summed E-state index contributed by atoms with van der Waals surface area (Å²) in [6.45, 7) is 0. The summed E-state index contributed by atoms with van der Waals surface area (Å²) >= 11 is 3.65. The highest BCUT2D eigenvalue weighted by molar-refractivity contribution is 14.1. The lowest BCUT2D eigenvalue weighted by molar-refractivity contribution is 0.425. The fourth-order valence-corrected chi connectivity index (χ4v) is 3.31. The van der Waals surface area contributed by atoms with E-state index in [-0.39, 0.29) is 0 Å². The monoisotopic (exact) mass is 319 g/mol. The van der Waals surface area contributed by atoms with E-state index >= 15 is 0 Å². The van der Waals surface area contributed by atoms with Gasteiger partial charge in [0, 0.05) is 19.3 Å². The Balaban J connectivity index is 2.82. The molecule has 3 nitrogen and oxygen atoms in total. The van der Waals surface area contributed by atoms with Gasteiger partial charge in [-0.05, 0) is 45.6 Å². The van der Waals surface area contributed by atoms with Crippen molar-refractivity contribution in [2.75, 3.05) is 5.73 Å². The molecule has 0 bridgehead atoms. The van der Waals surface area contributed by atoms with Crippen LogP contribution >= 0.6 is 33.9 Å². The highest BCUT2D eigenvalue weighted by Gasteiger charge is 2.18. The Hall–Kier alpha value is -0.305. The van der Waals surface area contributed by atoms with Crippen LogP contribution in [0, 0.1) is 3.57 Å². The maximum atomic E-state index is 9.13. The van der Waals surface area contributed by atoms with E-state index in [1.807, 2.05) is 11.4 Å². The maximum Gasteiger partial charge on any atom is 0.489 e. The first-order valence-corrected chi connectivity index (χ1v) is 5.88. The quantitative estimate of drug-likeness (QED) is 0.413. The Labute approximate surface area is 98.8 Å². The smallest absolute Gasteiger partial charge is 0.423 e. The number of hydrogen-bond donors (Lipinski definition) is 3. The van der Waals surface area contributed by atoms with Gasteiger partial charge in [-0.1, -0.05) is 0 Å². The third-order valence-corrected chi connectivity index (χ3v) is 4.48. The van der Waals surface area contributed by atoms with Crippen molar-refractivity contribution in [2.45, 2.75) is 0 Å². The Morgan fingerprint density at radius 2 is 2.14 bits per heavy atom. The summed E-state index contributed by atoms with van der Waals surface area (Å²) in [6.07, 6.45) is 0. The van der Waals surface area contributed by atoms with Gasteiger partial charge < -0.3 is 15.8 Å². The Morgan fingerprint density at radius 3 is 2.79 bits per heavy atom. The van der Waals surface area contributed by atoms with Crippen LogP contribution in [-0.4, -0.2) is 17.2 Å². The number of thiophene rings is 1. The summed E-state index contributed by atoms with van der Waals surface area (Å²) in [5.74, 6) is 0. The zero-order chi connectivity index (χ0) is 10.3. The molecule has 14 heavy (non-hydrogen) atoms. The third-order valence-electron chi connectivity index (χ3n) is 2.02. The minimum absolute atomic E-state index is 0.470. The first-order chi connectivity index (χ1) is 6.61. The van der Waals surface area contributed by atoms with Crippen LogP contribution in [0.3, 0.4) is 0 Å². The van der Waals surface area contributed by atoms with Crippen LogP contribution in [0.5, 0.6) is 0 Å². The molecule has 0 saturated carbocycles. The second-order valence-corrected chi connectivity index (χ2v) is 4.90. The van der Waals surface area contributed by atoms with Crippen molar-refractivity contribution in [2.24, 2.45) is 0 Å². The van der Waals surface area contributed by atoms with Crippen LogP contribution in [-0.2, 0) is 0 Å². The SMILES string of the molecule is Nc1cc(B(O)O)c(I)c2sccc12. The maximum absolute atomic E-state index is 9.13. The lowest BCUT2D eigenvalue weighted by Crippen LogP contribution is -2.32. The van der Waals surface area contributed by atoms with Crippen LogP contribution in [0.4, 0.5) is 5.69 Å². The zero-order valence-electron chi connectivity index (χ0n) is 7.07. The topological polar surface area (TPSA) is 66.5 Å². The molecule has 6 heteroatoms. The molecule has 0 amide bonds. The van der Waals surface area contributed by atoms with Gasteiger partial charge in [0.25, 0.3) is 0 Å². The van der Waals surface area contributed by atoms with Gasteiger partial charge in [-0.3, -0.25) is 0 Å². The van der Waals surface area contributed by atoms with E-state index in [0.29, 0.717) is 11.2 Å². The predicted molar refractivity (Wildman–Crippen MR) is 68.8 cm³/mol. The minimum atomic E-state index is -1.46. The Bertz CT molecular complexity index is 485. The molecule has 0 radical (unpaired) electrons. The van der Waals surface area contributed by atoms with Gasteiger partial charge in [0.2, 0.25) is 0 Å². The highest BCUT2D eigenvalue weighted by atomic mass is 127. The molecule has 0 atom stereocenters. The van der Waals surface area contributed by atoms with E-state index in [4.69, 9.17) is 15.8 Å². The number of rotatable bonds is 1. The third kappa shape index (κ3) is 1.52. The Morgan fingerprint density at radius 1 is 1.43 bits per heavy atom. The fraction of sp³-hybridized carbons (Fsp3) is 0. The zero-order valence-corrected chi connectivity index (χ0v) is 10.0. The number of halogens is 1. The van der Waals surface area contributed by atoms with E-state index in [0.717, 1.165) is 13.7 Å². The standard InChI is InChI=1S/C8H7BINO2S/c10-7-5(9(12)13)3-6(11)4-1-2-14-8(4)7/h1-3,12-13H,11H2. The average molecular weight is 319 g/mol. The molecule has 1 aromatic heterocycles. The van der Waals surface area contributed by atoms with Crippen LogP contribution in [0.25, 0.3) is 10.1 Å². The second kappa shape index (κ2) is 3.69. The fourth-order valence-electron chi connectivity index (χ4n) is 1.33. The largest absolute Gasteiger partial charge is 0.489 e. The van der Waals surface area contributed by atoms with Crippen molar-refractivity contribution in [3.05, 3.63) is 21.1 Å². The van der Waals surface area contributed by atoms with Crippen molar-refractivity contribution in [3.63, 3.8) is 0 Å². The summed E-state index contributed by atoms with van der Waals surface area (Å²) < 4.78 is 1.87. The van der Waals surface area contributed by atoms with E-state index in [1.165, 1.54) is 0 Å². The summed E-state index contributed by atoms with van der Waals surface area (Å²) in [7, 11) is -1.46. The molecular weight excluding hydrogens is 312 g/mol. The molecule has 1 aromatic carbocycles. The molecule has 0 spiro atoms. The van der Waals surface area contributed by atoms with Crippen molar-refractivity contribution in [1.29, 1.82) is 0 Å². The second-order valence-electron chi connectivity index (χ2n) is 2.91. The van der Waals surface area contributed by atoms with Gasteiger partial charge in [0.1, 0.15) is 0 Å². The van der Waals surface area contributed by atoms with Gasteiger partial charge in [-0.2, -0.15) is 0 Å². The molecule has 0 saturated heterocycles. The number of nitrogens with two attached hydrogens (primary N) is 1. The lowest BCUT2D eigenvalue weighted by atomic mass is 9.80. The van der Waals surface area contributed by atoms with Crippen LogP contribution < -0.4 is 11.2 Å². The number of benzene rings is 1. The van der Waals surface area contributed by atoms with Crippen LogP contribution in [0.1, 0.15) is 0 Å². The molecule has 0 aliphatic rings. The Kier molecular flexibility index (Phi) is 2.69. The molecule has 1 heterocycles. The normalized spacial score (nSPS) is 10.8. The lowest BCUT2D eigenvalue weighted by Gasteiger charge is -2.06.